The van der Waals surface area contributed by atoms with Crippen LogP contribution >= 0.6 is 27.7 Å². The number of hydrogen-bond acceptors (Lipinski definition) is 2. The van der Waals surface area contributed by atoms with Gasteiger partial charge in [0.15, 0.2) is 0 Å². The lowest BCUT2D eigenvalue weighted by atomic mass is 9.64. The van der Waals surface area contributed by atoms with Crippen LogP contribution in [0.5, 0.6) is 0 Å². The van der Waals surface area contributed by atoms with Gasteiger partial charge in [-0.3, -0.25) is 4.79 Å². The largest absolute Gasteiger partial charge is 0.480 e. The second-order valence-corrected chi connectivity index (χ2v) is 7.63. The molecule has 0 amide bonds. The molecule has 4 heteroatoms. The molecule has 2 rings (SSSR count). The first-order valence-electron chi connectivity index (χ1n) is 5.52. The minimum Gasteiger partial charge on any atom is -0.480 e. The summed E-state index contributed by atoms with van der Waals surface area (Å²) in [5.74, 6) is -0.697. The average Bonchev–Trinajstić information content (AvgIpc) is 2.18. The van der Waals surface area contributed by atoms with Gasteiger partial charge in [0.1, 0.15) is 4.75 Å². The van der Waals surface area contributed by atoms with Gasteiger partial charge in [0.05, 0.1) is 0 Å². The molecule has 1 aliphatic carbocycles. The van der Waals surface area contributed by atoms with Crippen molar-refractivity contribution in [3.63, 3.8) is 0 Å². The van der Waals surface area contributed by atoms with Gasteiger partial charge in [-0.15, -0.1) is 11.8 Å². The fourth-order valence-electron chi connectivity index (χ4n) is 2.50. The lowest BCUT2D eigenvalue weighted by Crippen LogP contribution is -2.52. The van der Waals surface area contributed by atoms with Crippen LogP contribution in [0, 0.1) is 5.41 Å². The molecule has 1 aliphatic rings. The fraction of sp³-hybridized carbons (Fsp3) is 0.462. The Morgan fingerprint density at radius 1 is 1.35 bits per heavy atom. The topological polar surface area (TPSA) is 37.3 Å². The molecule has 0 aliphatic heterocycles. The molecule has 0 bridgehead atoms. The summed E-state index contributed by atoms with van der Waals surface area (Å²) >= 11 is 4.93. The first-order chi connectivity index (χ1) is 7.85. The van der Waals surface area contributed by atoms with E-state index in [4.69, 9.17) is 0 Å². The van der Waals surface area contributed by atoms with E-state index >= 15 is 0 Å². The third-order valence-electron chi connectivity index (χ3n) is 3.06. The first kappa shape index (κ1) is 13.0. The maximum absolute atomic E-state index is 11.5. The van der Waals surface area contributed by atoms with Crippen LogP contribution in [0.4, 0.5) is 0 Å². The van der Waals surface area contributed by atoms with Crippen molar-refractivity contribution in [2.75, 3.05) is 0 Å². The molecule has 0 heterocycles. The van der Waals surface area contributed by atoms with Crippen molar-refractivity contribution in [3.05, 3.63) is 28.7 Å². The van der Waals surface area contributed by atoms with Crippen LogP contribution in [0.15, 0.2) is 33.6 Å². The Kier molecular flexibility index (Phi) is 3.29. The van der Waals surface area contributed by atoms with Gasteiger partial charge < -0.3 is 5.11 Å². The zero-order chi connectivity index (χ0) is 12.7. The molecule has 0 atom stereocenters. The molecule has 1 N–H and O–H groups in total. The zero-order valence-corrected chi connectivity index (χ0v) is 12.3. The number of carbonyl (C=O) groups is 1. The predicted molar refractivity (Wildman–Crippen MR) is 73.4 cm³/mol. The van der Waals surface area contributed by atoms with E-state index < -0.39 is 10.7 Å². The van der Waals surface area contributed by atoms with E-state index in [-0.39, 0.29) is 5.41 Å². The number of carboxylic acid groups (broad SMARTS) is 1. The number of hydrogen-bond donors (Lipinski definition) is 1. The van der Waals surface area contributed by atoms with E-state index in [2.05, 4.69) is 29.8 Å². The Morgan fingerprint density at radius 2 is 1.94 bits per heavy atom. The van der Waals surface area contributed by atoms with Crippen LogP contribution in [-0.2, 0) is 4.79 Å². The number of benzene rings is 1. The molecule has 1 fully saturated rings. The van der Waals surface area contributed by atoms with Gasteiger partial charge in [0.2, 0.25) is 0 Å². The Bertz CT molecular complexity index is 448. The van der Waals surface area contributed by atoms with Gasteiger partial charge in [-0.2, -0.15) is 0 Å². The summed E-state index contributed by atoms with van der Waals surface area (Å²) in [7, 11) is 0. The van der Waals surface area contributed by atoms with Gasteiger partial charge in [-0.1, -0.05) is 26.0 Å². The van der Waals surface area contributed by atoms with Crippen LogP contribution in [0.1, 0.15) is 26.7 Å². The molecule has 0 unspecified atom stereocenters. The number of aliphatic carboxylic acids is 1. The van der Waals surface area contributed by atoms with E-state index in [0.717, 1.165) is 22.2 Å². The summed E-state index contributed by atoms with van der Waals surface area (Å²) in [6.07, 6.45) is 1.45. The van der Waals surface area contributed by atoms with E-state index in [1.54, 1.807) is 0 Å². The standard InChI is InChI=1S/C13H15BrO2S/c1-12(2)7-13(8-12,11(15)16)17-10-6-4-3-5-9(10)14/h3-6H,7-8H2,1-2H3,(H,15,16). The highest BCUT2D eigenvalue weighted by molar-refractivity contribution is 9.10. The summed E-state index contributed by atoms with van der Waals surface area (Å²) in [6.45, 7) is 4.24. The molecular formula is C13H15BrO2S. The third kappa shape index (κ3) is 2.52. The van der Waals surface area contributed by atoms with Crippen LogP contribution in [0.3, 0.4) is 0 Å². The van der Waals surface area contributed by atoms with Crippen molar-refractivity contribution in [2.24, 2.45) is 5.41 Å². The minimum absolute atomic E-state index is 0.145. The molecule has 17 heavy (non-hydrogen) atoms. The number of thioether (sulfide) groups is 1. The Morgan fingerprint density at radius 3 is 2.41 bits per heavy atom. The highest BCUT2D eigenvalue weighted by Crippen LogP contribution is 2.58. The summed E-state index contributed by atoms with van der Waals surface area (Å²) in [6, 6.07) is 7.78. The molecule has 1 saturated carbocycles. The average molecular weight is 315 g/mol. The molecule has 1 aromatic carbocycles. The summed E-state index contributed by atoms with van der Waals surface area (Å²) < 4.78 is 0.322. The molecule has 0 spiro atoms. The lowest BCUT2D eigenvalue weighted by molar-refractivity contribution is -0.145. The summed E-state index contributed by atoms with van der Waals surface area (Å²) in [5.41, 5.74) is 0.145. The van der Waals surface area contributed by atoms with Crippen LogP contribution in [-0.4, -0.2) is 15.8 Å². The highest BCUT2D eigenvalue weighted by Gasteiger charge is 2.55. The molecular weight excluding hydrogens is 300 g/mol. The van der Waals surface area contributed by atoms with Crippen molar-refractivity contribution in [1.29, 1.82) is 0 Å². The quantitative estimate of drug-likeness (QED) is 0.909. The summed E-state index contributed by atoms with van der Waals surface area (Å²) in [5, 5.41) is 9.43. The van der Waals surface area contributed by atoms with Gasteiger partial charge in [-0.05, 0) is 46.3 Å². The van der Waals surface area contributed by atoms with Crippen molar-refractivity contribution in [3.8, 4) is 0 Å². The van der Waals surface area contributed by atoms with Crippen molar-refractivity contribution >= 4 is 33.7 Å². The van der Waals surface area contributed by atoms with E-state index in [0.29, 0.717) is 0 Å². The number of carboxylic acids is 1. The zero-order valence-electron chi connectivity index (χ0n) is 9.87. The van der Waals surface area contributed by atoms with Crippen LogP contribution in [0.25, 0.3) is 0 Å². The smallest absolute Gasteiger partial charge is 0.320 e. The highest BCUT2D eigenvalue weighted by atomic mass is 79.9. The SMILES string of the molecule is CC1(C)CC(Sc2ccccc2Br)(C(=O)O)C1. The third-order valence-corrected chi connectivity index (χ3v) is 5.44. The second kappa shape index (κ2) is 4.32. The molecule has 0 radical (unpaired) electrons. The molecule has 1 aromatic rings. The fourth-order valence-corrected chi connectivity index (χ4v) is 4.77. The van der Waals surface area contributed by atoms with Gasteiger partial charge in [-0.25, -0.2) is 0 Å². The van der Waals surface area contributed by atoms with Crippen molar-refractivity contribution < 1.29 is 9.90 Å². The van der Waals surface area contributed by atoms with E-state index in [1.165, 1.54) is 11.8 Å². The Labute approximate surface area is 114 Å². The van der Waals surface area contributed by atoms with Gasteiger partial charge in [0, 0.05) is 9.37 Å². The number of rotatable bonds is 3. The monoisotopic (exact) mass is 314 g/mol. The van der Waals surface area contributed by atoms with Gasteiger partial charge >= 0.3 is 5.97 Å². The lowest BCUT2D eigenvalue weighted by Gasteiger charge is -2.49. The first-order valence-corrected chi connectivity index (χ1v) is 7.13. The normalized spacial score (nSPS) is 20.6. The molecule has 0 saturated heterocycles. The Hall–Kier alpha value is -0.480. The van der Waals surface area contributed by atoms with Gasteiger partial charge in [0.25, 0.3) is 0 Å². The van der Waals surface area contributed by atoms with E-state index in [1.807, 2.05) is 24.3 Å². The van der Waals surface area contributed by atoms with Crippen LogP contribution in [0.2, 0.25) is 0 Å². The summed E-state index contributed by atoms with van der Waals surface area (Å²) in [4.78, 5) is 12.5. The number of halogens is 1. The molecule has 2 nitrogen and oxygen atoms in total. The van der Waals surface area contributed by atoms with Crippen LogP contribution < -0.4 is 0 Å². The minimum atomic E-state index is -0.697. The predicted octanol–water partition coefficient (Wildman–Crippen LogP) is 4.18. The van der Waals surface area contributed by atoms with Crippen molar-refractivity contribution in [2.45, 2.75) is 36.3 Å². The van der Waals surface area contributed by atoms with Crippen molar-refractivity contribution in [1.82, 2.24) is 0 Å². The van der Waals surface area contributed by atoms with E-state index in [9.17, 15) is 9.90 Å². The molecule has 92 valence electrons. The maximum Gasteiger partial charge on any atom is 0.320 e. The molecule has 0 aromatic heterocycles. The Balaban J connectivity index is 2.22. The maximum atomic E-state index is 11.5. The second-order valence-electron chi connectivity index (χ2n) is 5.35.